The minimum atomic E-state index is 0.768. The highest BCUT2D eigenvalue weighted by Gasteiger charge is 2.25. The molecule has 0 radical (unpaired) electrons. The summed E-state index contributed by atoms with van der Waals surface area (Å²) in [6.45, 7) is 14.1. The van der Waals surface area contributed by atoms with Crippen molar-refractivity contribution >= 4 is 0 Å². The topological polar surface area (TPSA) is 15.3 Å². The van der Waals surface area contributed by atoms with Crippen molar-refractivity contribution in [1.82, 2.24) is 10.2 Å². The lowest BCUT2D eigenvalue weighted by atomic mass is 10.0. The Labute approximate surface area is 95.4 Å². The predicted molar refractivity (Wildman–Crippen MR) is 67.1 cm³/mol. The maximum absolute atomic E-state index is 3.53. The van der Waals surface area contributed by atoms with E-state index in [1.807, 2.05) is 0 Å². The van der Waals surface area contributed by atoms with Crippen molar-refractivity contribution in [3.63, 3.8) is 0 Å². The lowest BCUT2D eigenvalue weighted by Crippen LogP contribution is -2.38. The predicted octanol–water partition coefficient (Wildman–Crippen LogP) is 2.35. The van der Waals surface area contributed by atoms with Crippen molar-refractivity contribution < 1.29 is 0 Å². The highest BCUT2D eigenvalue weighted by molar-refractivity contribution is 4.81. The quantitative estimate of drug-likeness (QED) is 0.680. The van der Waals surface area contributed by atoms with E-state index in [1.54, 1.807) is 0 Å². The van der Waals surface area contributed by atoms with Crippen molar-refractivity contribution in [2.45, 2.75) is 46.6 Å². The number of nitrogens with one attached hydrogen (secondary N) is 1. The van der Waals surface area contributed by atoms with E-state index in [-0.39, 0.29) is 0 Å². The third-order valence-electron chi connectivity index (χ3n) is 3.31. The Morgan fingerprint density at radius 2 is 2.00 bits per heavy atom. The van der Waals surface area contributed by atoms with Crippen molar-refractivity contribution in [2.75, 3.05) is 26.2 Å². The van der Waals surface area contributed by atoms with Gasteiger partial charge in [0.25, 0.3) is 0 Å². The molecule has 90 valence electrons. The molecule has 0 saturated carbocycles. The van der Waals surface area contributed by atoms with Crippen LogP contribution < -0.4 is 5.32 Å². The molecule has 0 spiro atoms. The van der Waals surface area contributed by atoms with Crippen molar-refractivity contribution in [3.05, 3.63) is 0 Å². The maximum atomic E-state index is 3.53. The summed E-state index contributed by atoms with van der Waals surface area (Å²) in [4.78, 5) is 2.66. The van der Waals surface area contributed by atoms with Crippen LogP contribution in [0.25, 0.3) is 0 Å². The van der Waals surface area contributed by atoms with Crippen molar-refractivity contribution in [3.8, 4) is 0 Å². The van der Waals surface area contributed by atoms with Crippen LogP contribution in [0, 0.1) is 11.8 Å². The molecule has 1 fully saturated rings. The van der Waals surface area contributed by atoms with Crippen molar-refractivity contribution in [2.24, 2.45) is 11.8 Å². The molecule has 2 heteroatoms. The Balaban J connectivity index is 2.14. The SMILES string of the molecule is CC(C)CNCCN1CCCC1C(C)C. The van der Waals surface area contributed by atoms with Crippen LogP contribution in [0.5, 0.6) is 0 Å². The summed E-state index contributed by atoms with van der Waals surface area (Å²) in [6, 6.07) is 0.839. The number of hydrogen-bond acceptors (Lipinski definition) is 2. The average Bonchev–Trinajstić information content (AvgIpc) is 2.60. The monoisotopic (exact) mass is 212 g/mol. The molecule has 0 aromatic carbocycles. The lowest BCUT2D eigenvalue weighted by molar-refractivity contribution is 0.206. The first-order valence-electron chi connectivity index (χ1n) is 6.56. The molecule has 1 heterocycles. The number of nitrogens with zero attached hydrogens (tertiary/aromatic N) is 1. The second-order valence-electron chi connectivity index (χ2n) is 5.59. The van der Waals surface area contributed by atoms with E-state index in [0.717, 1.165) is 31.0 Å². The van der Waals surface area contributed by atoms with Gasteiger partial charge in [-0.2, -0.15) is 0 Å². The van der Waals surface area contributed by atoms with Gasteiger partial charge in [-0.15, -0.1) is 0 Å². The van der Waals surface area contributed by atoms with E-state index in [0.29, 0.717) is 0 Å². The highest BCUT2D eigenvalue weighted by Crippen LogP contribution is 2.22. The molecule has 1 saturated heterocycles. The molecule has 2 nitrogen and oxygen atoms in total. The molecule has 1 rings (SSSR count). The van der Waals surface area contributed by atoms with Gasteiger partial charge in [0, 0.05) is 19.1 Å². The summed E-state index contributed by atoms with van der Waals surface area (Å²) in [6.07, 6.45) is 2.80. The second kappa shape index (κ2) is 6.49. The molecule has 1 unspecified atom stereocenters. The Morgan fingerprint density at radius 3 is 2.60 bits per heavy atom. The number of hydrogen-bond donors (Lipinski definition) is 1. The van der Waals surface area contributed by atoms with Crippen LogP contribution >= 0.6 is 0 Å². The van der Waals surface area contributed by atoms with Gasteiger partial charge >= 0.3 is 0 Å². The normalized spacial score (nSPS) is 23.2. The van der Waals surface area contributed by atoms with E-state index in [9.17, 15) is 0 Å². The molecule has 15 heavy (non-hydrogen) atoms. The fraction of sp³-hybridized carbons (Fsp3) is 1.00. The zero-order valence-corrected chi connectivity index (χ0v) is 10.9. The van der Waals surface area contributed by atoms with E-state index in [4.69, 9.17) is 0 Å². The maximum Gasteiger partial charge on any atom is 0.0119 e. The Morgan fingerprint density at radius 1 is 1.27 bits per heavy atom. The van der Waals surface area contributed by atoms with E-state index in [1.165, 1.54) is 25.9 Å². The fourth-order valence-corrected chi connectivity index (χ4v) is 2.50. The molecule has 0 bridgehead atoms. The molecule has 0 aliphatic carbocycles. The summed E-state index contributed by atoms with van der Waals surface area (Å²) >= 11 is 0. The van der Waals surface area contributed by atoms with E-state index < -0.39 is 0 Å². The first kappa shape index (κ1) is 13.0. The first-order chi connectivity index (χ1) is 7.11. The van der Waals surface area contributed by atoms with E-state index in [2.05, 4.69) is 37.9 Å². The fourth-order valence-electron chi connectivity index (χ4n) is 2.50. The summed E-state index contributed by atoms with van der Waals surface area (Å²) < 4.78 is 0. The van der Waals surface area contributed by atoms with Gasteiger partial charge in [0.05, 0.1) is 0 Å². The van der Waals surface area contributed by atoms with Gasteiger partial charge in [-0.3, -0.25) is 4.90 Å². The van der Waals surface area contributed by atoms with Gasteiger partial charge in [-0.05, 0) is 37.8 Å². The van der Waals surface area contributed by atoms with Gasteiger partial charge in [0.2, 0.25) is 0 Å². The summed E-state index contributed by atoms with van der Waals surface area (Å²) in [5.41, 5.74) is 0. The molecule has 1 N–H and O–H groups in total. The number of rotatable bonds is 6. The molecular weight excluding hydrogens is 184 g/mol. The molecule has 0 aromatic heterocycles. The molecule has 1 atom stereocenters. The van der Waals surface area contributed by atoms with E-state index >= 15 is 0 Å². The molecule has 1 aliphatic heterocycles. The largest absolute Gasteiger partial charge is 0.315 e. The molecule has 0 amide bonds. The van der Waals surface area contributed by atoms with Gasteiger partial charge in [0.15, 0.2) is 0 Å². The summed E-state index contributed by atoms with van der Waals surface area (Å²) in [7, 11) is 0. The van der Waals surface area contributed by atoms with Gasteiger partial charge < -0.3 is 5.32 Å². The number of likely N-dealkylation sites (tertiary alicyclic amines) is 1. The van der Waals surface area contributed by atoms with Gasteiger partial charge in [0.1, 0.15) is 0 Å². The van der Waals surface area contributed by atoms with Crippen LogP contribution in [0.1, 0.15) is 40.5 Å². The van der Waals surface area contributed by atoms with Crippen LogP contribution in [-0.4, -0.2) is 37.1 Å². The zero-order chi connectivity index (χ0) is 11.3. The average molecular weight is 212 g/mol. The van der Waals surface area contributed by atoms with Crippen LogP contribution in [-0.2, 0) is 0 Å². The third kappa shape index (κ3) is 4.52. The van der Waals surface area contributed by atoms with Crippen LogP contribution in [0.15, 0.2) is 0 Å². The lowest BCUT2D eigenvalue weighted by Gasteiger charge is -2.27. The Kier molecular flexibility index (Phi) is 5.62. The summed E-state index contributed by atoms with van der Waals surface area (Å²) in [5, 5.41) is 3.53. The minimum absolute atomic E-state index is 0.768. The van der Waals surface area contributed by atoms with Crippen LogP contribution in [0.2, 0.25) is 0 Å². The minimum Gasteiger partial charge on any atom is -0.315 e. The third-order valence-corrected chi connectivity index (χ3v) is 3.31. The molecule has 0 aromatic rings. The van der Waals surface area contributed by atoms with Crippen LogP contribution in [0.4, 0.5) is 0 Å². The van der Waals surface area contributed by atoms with Crippen molar-refractivity contribution in [1.29, 1.82) is 0 Å². The molecule has 1 aliphatic rings. The highest BCUT2D eigenvalue weighted by atomic mass is 15.2. The van der Waals surface area contributed by atoms with Gasteiger partial charge in [-0.25, -0.2) is 0 Å². The first-order valence-corrected chi connectivity index (χ1v) is 6.56. The smallest absolute Gasteiger partial charge is 0.0119 e. The Bertz CT molecular complexity index is 166. The Hall–Kier alpha value is -0.0800. The molecular formula is C13H28N2. The van der Waals surface area contributed by atoms with Crippen LogP contribution in [0.3, 0.4) is 0 Å². The zero-order valence-electron chi connectivity index (χ0n) is 10.9. The van der Waals surface area contributed by atoms with Gasteiger partial charge in [-0.1, -0.05) is 27.7 Å². The standard InChI is InChI=1S/C13H28N2/c1-11(2)10-14-7-9-15-8-5-6-13(15)12(3)4/h11-14H,5-10H2,1-4H3. The second-order valence-corrected chi connectivity index (χ2v) is 5.59. The summed E-state index contributed by atoms with van der Waals surface area (Å²) in [5.74, 6) is 1.59.